The number of allylic oxidation sites excluding steroid dienone is 8. The highest BCUT2D eigenvalue weighted by atomic mass is 16.7. The van der Waals surface area contributed by atoms with E-state index in [1.807, 2.05) is 21.1 Å². The number of carboxylic acid groups (broad SMARTS) is 1. The van der Waals surface area contributed by atoms with Crippen LogP contribution in [0.5, 0.6) is 0 Å². The van der Waals surface area contributed by atoms with Crippen molar-refractivity contribution in [2.24, 2.45) is 0 Å². The van der Waals surface area contributed by atoms with Crippen LogP contribution in [0.25, 0.3) is 0 Å². The van der Waals surface area contributed by atoms with E-state index >= 15 is 0 Å². The molecule has 0 aromatic rings. The summed E-state index contributed by atoms with van der Waals surface area (Å²) in [6.07, 6.45) is 73.3. The van der Waals surface area contributed by atoms with Gasteiger partial charge in [-0.1, -0.05) is 300 Å². The Morgan fingerprint density at radius 3 is 1.09 bits per heavy atom. The fourth-order valence-corrected chi connectivity index (χ4v) is 9.77. The number of carboxylic acids is 1. The van der Waals surface area contributed by atoms with E-state index in [1.54, 1.807) is 0 Å². The van der Waals surface area contributed by atoms with Gasteiger partial charge < -0.3 is 33.3 Å². The van der Waals surface area contributed by atoms with E-state index < -0.39 is 24.3 Å². The summed E-state index contributed by atoms with van der Waals surface area (Å²) in [7, 11) is 5.93. The predicted octanol–water partition coefficient (Wildman–Crippen LogP) is 18.9. The van der Waals surface area contributed by atoms with Gasteiger partial charge in [-0.15, -0.1) is 0 Å². The predicted molar refractivity (Wildman–Crippen MR) is 329 cm³/mol. The first kappa shape index (κ1) is 75.2. The molecule has 0 saturated heterocycles. The SMILES string of the molecule is CC/C=C\C/C=C\C/C=C\C/C=C\CCCCCCCCCCCCC(=O)OC(COC(=O)CCCCCCCCCCCCCCCCCCCCCCCCCCCCCCCC)COC(OCC[N+](C)(C)C)C(=O)[O-]. The Morgan fingerprint density at radius 2 is 0.731 bits per heavy atom. The Morgan fingerprint density at radius 1 is 0.397 bits per heavy atom. The van der Waals surface area contributed by atoms with Crippen LogP contribution in [0, 0.1) is 0 Å². The Bertz CT molecular complexity index is 1420. The number of quaternary nitrogens is 1. The molecule has 0 aliphatic heterocycles. The zero-order chi connectivity index (χ0) is 56.9. The number of carbonyl (C=O) groups is 3. The Hall–Kier alpha value is -2.75. The number of rotatable bonds is 62. The van der Waals surface area contributed by atoms with Gasteiger partial charge in [-0.25, -0.2) is 0 Å². The monoisotopic (exact) mass is 1100 g/mol. The maximum Gasteiger partial charge on any atom is 0.306 e. The van der Waals surface area contributed by atoms with Crippen molar-refractivity contribution in [1.29, 1.82) is 0 Å². The van der Waals surface area contributed by atoms with E-state index in [1.165, 1.54) is 212 Å². The molecule has 0 aliphatic rings. The topological polar surface area (TPSA) is 111 Å². The summed E-state index contributed by atoms with van der Waals surface area (Å²) in [4.78, 5) is 37.4. The van der Waals surface area contributed by atoms with Gasteiger partial charge in [-0.05, 0) is 51.4 Å². The molecule has 0 amide bonds. The molecule has 0 aromatic heterocycles. The van der Waals surface area contributed by atoms with Crippen LogP contribution in [-0.4, -0.2) is 82.3 Å². The van der Waals surface area contributed by atoms with Crippen molar-refractivity contribution >= 4 is 17.9 Å². The molecule has 0 saturated carbocycles. The molecule has 0 rings (SSSR count). The first-order chi connectivity index (χ1) is 38.1. The minimum absolute atomic E-state index is 0.147. The van der Waals surface area contributed by atoms with E-state index in [9.17, 15) is 19.5 Å². The molecule has 2 unspecified atom stereocenters. The molecule has 0 spiro atoms. The van der Waals surface area contributed by atoms with Gasteiger partial charge in [0, 0.05) is 12.8 Å². The first-order valence-electron chi connectivity index (χ1n) is 33.3. The molecule has 78 heavy (non-hydrogen) atoms. The molecule has 0 N–H and O–H groups in total. The molecule has 456 valence electrons. The van der Waals surface area contributed by atoms with Gasteiger partial charge in [0.1, 0.15) is 13.2 Å². The molecule has 2 atom stereocenters. The Balaban J connectivity index is 4.09. The van der Waals surface area contributed by atoms with Crippen LogP contribution in [0.4, 0.5) is 0 Å². The van der Waals surface area contributed by atoms with Gasteiger partial charge in [-0.2, -0.15) is 0 Å². The van der Waals surface area contributed by atoms with Gasteiger partial charge in [0.2, 0.25) is 0 Å². The number of likely N-dealkylation sites (N-methyl/N-ethyl adjacent to an activating group) is 1. The molecule has 0 aliphatic carbocycles. The van der Waals surface area contributed by atoms with Crippen LogP contribution in [-0.2, 0) is 33.3 Å². The summed E-state index contributed by atoms with van der Waals surface area (Å²) in [5.41, 5.74) is 0. The molecule has 0 bridgehead atoms. The second-order valence-electron chi connectivity index (χ2n) is 23.7. The first-order valence-corrected chi connectivity index (χ1v) is 33.3. The van der Waals surface area contributed by atoms with Crippen molar-refractivity contribution in [2.45, 2.75) is 328 Å². The lowest BCUT2D eigenvalue weighted by Gasteiger charge is -2.26. The number of aliphatic carboxylic acids is 1. The summed E-state index contributed by atoms with van der Waals surface area (Å²) in [6, 6.07) is 0. The average Bonchev–Trinajstić information content (AvgIpc) is 3.41. The largest absolute Gasteiger partial charge is 0.545 e. The van der Waals surface area contributed by atoms with Crippen LogP contribution in [0.15, 0.2) is 48.6 Å². The fourth-order valence-electron chi connectivity index (χ4n) is 9.77. The highest BCUT2D eigenvalue weighted by molar-refractivity contribution is 5.70. The van der Waals surface area contributed by atoms with Crippen molar-refractivity contribution in [3.8, 4) is 0 Å². The smallest absolute Gasteiger partial charge is 0.306 e. The molecule has 0 heterocycles. The quantitative estimate of drug-likeness (QED) is 0.0195. The number of nitrogens with zero attached hydrogens (tertiary/aromatic N) is 1. The van der Waals surface area contributed by atoms with Crippen molar-refractivity contribution in [3.05, 3.63) is 48.6 Å². The van der Waals surface area contributed by atoms with Crippen molar-refractivity contribution in [1.82, 2.24) is 0 Å². The van der Waals surface area contributed by atoms with Crippen LogP contribution >= 0.6 is 0 Å². The van der Waals surface area contributed by atoms with Crippen LogP contribution in [0.3, 0.4) is 0 Å². The Labute approximate surface area is 482 Å². The zero-order valence-electron chi connectivity index (χ0n) is 52.0. The normalized spacial score (nSPS) is 13.0. The third-order valence-electron chi connectivity index (χ3n) is 14.8. The summed E-state index contributed by atoms with van der Waals surface area (Å²) >= 11 is 0. The van der Waals surface area contributed by atoms with Crippen molar-refractivity contribution in [2.75, 3.05) is 47.5 Å². The zero-order valence-corrected chi connectivity index (χ0v) is 52.0. The number of carbonyl (C=O) groups excluding carboxylic acids is 3. The minimum atomic E-state index is -1.62. The van der Waals surface area contributed by atoms with Gasteiger partial charge in [-0.3, -0.25) is 9.59 Å². The number of hydrogen-bond donors (Lipinski definition) is 0. The van der Waals surface area contributed by atoms with Gasteiger partial charge in [0.05, 0.1) is 40.3 Å². The van der Waals surface area contributed by atoms with Crippen molar-refractivity contribution < 1.29 is 42.9 Å². The molecule has 0 fully saturated rings. The summed E-state index contributed by atoms with van der Waals surface area (Å²) in [5, 5.41) is 11.8. The summed E-state index contributed by atoms with van der Waals surface area (Å²) in [5.74, 6) is -2.27. The number of hydrogen-bond acceptors (Lipinski definition) is 8. The Kier molecular flexibility index (Phi) is 58.2. The van der Waals surface area contributed by atoms with E-state index in [0.717, 1.165) is 70.6 Å². The highest BCUT2D eigenvalue weighted by Gasteiger charge is 2.22. The van der Waals surface area contributed by atoms with E-state index in [0.29, 0.717) is 23.9 Å². The molecule has 0 aromatic carbocycles. The summed E-state index contributed by atoms with van der Waals surface area (Å²) in [6.45, 7) is 4.68. The molecular weight excluding hydrogens is 971 g/mol. The summed E-state index contributed by atoms with van der Waals surface area (Å²) < 4.78 is 22.8. The van der Waals surface area contributed by atoms with E-state index in [4.69, 9.17) is 18.9 Å². The number of esters is 2. The molecule has 0 radical (unpaired) electrons. The minimum Gasteiger partial charge on any atom is -0.545 e. The molecule has 9 nitrogen and oxygen atoms in total. The van der Waals surface area contributed by atoms with Gasteiger partial charge >= 0.3 is 11.9 Å². The lowest BCUT2D eigenvalue weighted by molar-refractivity contribution is -0.870. The van der Waals surface area contributed by atoms with Crippen LogP contribution in [0.1, 0.15) is 316 Å². The third kappa shape index (κ3) is 60.9. The highest BCUT2D eigenvalue weighted by Crippen LogP contribution is 2.18. The van der Waals surface area contributed by atoms with Gasteiger partial charge in [0.15, 0.2) is 12.4 Å². The third-order valence-corrected chi connectivity index (χ3v) is 14.8. The number of ether oxygens (including phenoxy) is 4. The van der Waals surface area contributed by atoms with Crippen LogP contribution in [0.2, 0.25) is 0 Å². The van der Waals surface area contributed by atoms with E-state index in [2.05, 4.69) is 62.5 Å². The fraction of sp³-hybridized carbons (Fsp3) is 0.841. The lowest BCUT2D eigenvalue weighted by atomic mass is 10.0. The molecular formula is C69H127NO8. The van der Waals surface area contributed by atoms with E-state index in [-0.39, 0.29) is 32.2 Å². The standard InChI is InChI=1S/C69H127NO8/c1-6-8-10-12-14-16-18-20-22-24-26-28-30-31-32-33-34-35-36-38-39-41-43-45-47-49-51-53-55-57-59-66(71)76-63-65(64-77-69(68(73)74)75-62-61-70(3,4)5)78-67(72)60-58-56-54-52-50-48-46-44-42-40-37-29-27-25-23-21-19-17-15-13-11-9-7-2/h9,11,15,17,21,23,27,29,65,69H,6-8,10,12-14,16,18-20,22,24-26,28,30-64H2,1-5H3/b11-9-,17-15-,23-21-,29-27-. The second-order valence-corrected chi connectivity index (χ2v) is 23.7. The maximum absolute atomic E-state index is 12.9. The average molecular weight is 1100 g/mol. The lowest BCUT2D eigenvalue weighted by Crippen LogP contribution is -2.44. The van der Waals surface area contributed by atoms with Crippen molar-refractivity contribution in [3.63, 3.8) is 0 Å². The number of unbranched alkanes of at least 4 members (excludes halogenated alkanes) is 39. The van der Waals surface area contributed by atoms with Gasteiger partial charge in [0.25, 0.3) is 0 Å². The maximum atomic E-state index is 12.9. The molecule has 9 heteroatoms. The van der Waals surface area contributed by atoms with Crippen LogP contribution < -0.4 is 5.11 Å². The second kappa shape index (κ2) is 60.3.